The molecule has 0 saturated carbocycles. The molecule has 0 radical (unpaired) electrons. The highest BCUT2D eigenvalue weighted by atomic mass is 16.5. The lowest BCUT2D eigenvalue weighted by molar-refractivity contribution is -0.139. The molecule has 7 N–H and O–H groups in total. The highest BCUT2D eigenvalue weighted by molar-refractivity contribution is 5.97. The molecule has 0 bridgehead atoms. The number of anilines is 2. The highest BCUT2D eigenvalue weighted by Crippen LogP contribution is 2.13. The van der Waals surface area contributed by atoms with E-state index < -0.39 is 23.5 Å². The lowest BCUT2D eigenvalue weighted by atomic mass is 10.1. The van der Waals surface area contributed by atoms with Crippen molar-refractivity contribution in [3.05, 3.63) is 88.0 Å². The van der Waals surface area contributed by atoms with Gasteiger partial charge in [-0.05, 0) is 55.7 Å². The van der Waals surface area contributed by atoms with Crippen molar-refractivity contribution in [2.24, 2.45) is 0 Å². The summed E-state index contributed by atoms with van der Waals surface area (Å²) in [6, 6.07) is 13.9. The number of Topliss-reactive ketones (excluding diaryl/α,β-unsaturated/α-hetero) is 2. The van der Waals surface area contributed by atoms with Gasteiger partial charge in [-0.3, -0.25) is 29.0 Å². The molecule has 1 atom stereocenters. The standard InChI is InChI=1S/C37H44N8O9.C2H6/c38-37-44-32-31(35(50)45-37)42-27(23-41-32)22-40-26-12-10-25(11-13-26)34(49)43-30(36(51)52)15-14-28(46)9-5-18-53-20-21-54-19-16-29(47)8-4-17-39-33(48)24-6-2-1-3-7-24;1-2/h1-3,6-7,10-13,23,30,40H,4-5,8-9,14-22H2,(H,39,48)(H,43,49)(H,51,52)(H3,38,41,44,45,50);1-2H3. The second-order valence-corrected chi connectivity index (χ2v) is 12.2. The van der Waals surface area contributed by atoms with Gasteiger partial charge in [0.15, 0.2) is 11.2 Å². The summed E-state index contributed by atoms with van der Waals surface area (Å²) in [5.41, 5.74) is 7.12. The summed E-state index contributed by atoms with van der Waals surface area (Å²) < 4.78 is 10.9. The Morgan fingerprint density at radius 1 is 0.804 bits per heavy atom. The van der Waals surface area contributed by atoms with E-state index in [0.717, 1.165) is 0 Å². The summed E-state index contributed by atoms with van der Waals surface area (Å²) in [5.74, 6) is -2.17. The number of benzene rings is 2. The average Bonchev–Trinajstić information content (AvgIpc) is 3.20. The minimum absolute atomic E-state index is 0.0242. The van der Waals surface area contributed by atoms with Crippen LogP contribution in [0.4, 0.5) is 11.6 Å². The van der Waals surface area contributed by atoms with E-state index >= 15 is 0 Å². The van der Waals surface area contributed by atoms with E-state index in [0.29, 0.717) is 62.6 Å². The first-order valence-electron chi connectivity index (χ1n) is 18.5. The first kappa shape index (κ1) is 44.3. The predicted octanol–water partition coefficient (Wildman–Crippen LogP) is 3.45. The zero-order valence-electron chi connectivity index (χ0n) is 31.7. The Morgan fingerprint density at radius 3 is 2.18 bits per heavy atom. The van der Waals surface area contributed by atoms with Gasteiger partial charge >= 0.3 is 5.97 Å². The third-order valence-corrected chi connectivity index (χ3v) is 8.02. The van der Waals surface area contributed by atoms with Crippen molar-refractivity contribution in [3.8, 4) is 0 Å². The Bertz CT molecular complexity index is 1940. The predicted molar refractivity (Wildman–Crippen MR) is 209 cm³/mol. The number of carboxylic acid groups (broad SMARTS) is 1. The number of rotatable bonds is 24. The molecule has 0 aliphatic heterocycles. The topological polar surface area (TPSA) is 258 Å². The van der Waals surface area contributed by atoms with Crippen molar-refractivity contribution in [1.29, 1.82) is 0 Å². The maximum Gasteiger partial charge on any atom is 0.326 e. The van der Waals surface area contributed by atoms with Gasteiger partial charge in [0.25, 0.3) is 17.4 Å². The molecule has 17 nitrogen and oxygen atoms in total. The van der Waals surface area contributed by atoms with Crippen LogP contribution in [0.15, 0.2) is 65.6 Å². The normalized spacial score (nSPS) is 11.2. The second-order valence-electron chi connectivity index (χ2n) is 12.2. The van der Waals surface area contributed by atoms with E-state index in [1.807, 2.05) is 19.9 Å². The molecule has 0 fully saturated rings. The maximum atomic E-state index is 12.8. The van der Waals surface area contributed by atoms with Crippen LogP contribution in [0.3, 0.4) is 0 Å². The number of aromatic nitrogens is 4. The van der Waals surface area contributed by atoms with Crippen LogP contribution < -0.4 is 27.2 Å². The largest absolute Gasteiger partial charge is 0.480 e. The summed E-state index contributed by atoms with van der Waals surface area (Å²) in [7, 11) is 0. The van der Waals surface area contributed by atoms with Crippen molar-refractivity contribution >= 4 is 52.1 Å². The van der Waals surface area contributed by atoms with Gasteiger partial charge in [-0.15, -0.1) is 0 Å². The average molecular weight is 775 g/mol. The van der Waals surface area contributed by atoms with Gasteiger partial charge < -0.3 is 36.3 Å². The number of nitrogen functional groups attached to an aromatic ring is 1. The number of ether oxygens (including phenoxy) is 2. The van der Waals surface area contributed by atoms with Crippen LogP contribution in [-0.2, 0) is 30.4 Å². The highest BCUT2D eigenvalue weighted by Gasteiger charge is 2.22. The Kier molecular flexibility index (Phi) is 19.3. The first-order valence-corrected chi connectivity index (χ1v) is 18.5. The quantitative estimate of drug-likeness (QED) is 0.0558. The lowest BCUT2D eigenvalue weighted by Crippen LogP contribution is -2.41. The molecule has 300 valence electrons. The molecule has 0 spiro atoms. The van der Waals surface area contributed by atoms with Crippen LogP contribution in [0.1, 0.15) is 85.2 Å². The molecule has 0 aliphatic carbocycles. The lowest BCUT2D eigenvalue weighted by Gasteiger charge is -2.14. The minimum atomic E-state index is -1.25. The second kappa shape index (κ2) is 24.4. The SMILES string of the molecule is CC.Nc1nc2ncc(CNc3ccc(C(=O)NC(CCC(=O)CCCOCCOCCC(=O)CCCNC(=O)c4ccccc4)C(=O)O)cc3)nc2c(=O)[nH]1. The molecule has 2 amide bonds. The van der Waals surface area contributed by atoms with Gasteiger partial charge in [0.2, 0.25) is 5.95 Å². The third kappa shape index (κ3) is 15.7. The van der Waals surface area contributed by atoms with E-state index in [1.54, 1.807) is 36.4 Å². The number of nitrogens with two attached hydrogens (primary N) is 1. The van der Waals surface area contributed by atoms with Crippen LogP contribution in [0.25, 0.3) is 11.2 Å². The molecular formula is C39H50N8O9. The molecule has 1 unspecified atom stereocenters. The number of nitrogens with one attached hydrogen (secondary N) is 4. The summed E-state index contributed by atoms with van der Waals surface area (Å²) in [5, 5.41) is 18.0. The Hall–Kier alpha value is -6.07. The number of hydrogen-bond acceptors (Lipinski definition) is 13. The van der Waals surface area contributed by atoms with Crippen LogP contribution in [0, 0.1) is 0 Å². The molecule has 56 heavy (non-hydrogen) atoms. The van der Waals surface area contributed by atoms with E-state index in [2.05, 4.69) is 35.9 Å². The Morgan fingerprint density at radius 2 is 1.46 bits per heavy atom. The van der Waals surface area contributed by atoms with Crippen molar-refractivity contribution in [3.63, 3.8) is 0 Å². The molecule has 2 heterocycles. The number of hydrogen-bond donors (Lipinski definition) is 6. The smallest absolute Gasteiger partial charge is 0.326 e. The number of nitrogens with zero attached hydrogens (tertiary/aromatic N) is 3. The number of carbonyl (C=O) groups is 5. The van der Waals surface area contributed by atoms with Crippen molar-refractivity contribution < 1.29 is 38.6 Å². The van der Waals surface area contributed by atoms with Crippen LogP contribution in [0.2, 0.25) is 0 Å². The summed E-state index contributed by atoms with van der Waals surface area (Å²) >= 11 is 0. The van der Waals surface area contributed by atoms with E-state index in [9.17, 15) is 33.9 Å². The minimum Gasteiger partial charge on any atom is -0.480 e. The van der Waals surface area contributed by atoms with Gasteiger partial charge in [0.05, 0.1) is 38.3 Å². The number of amides is 2. The molecular weight excluding hydrogens is 724 g/mol. The molecule has 4 rings (SSSR count). The fraction of sp³-hybridized carbons (Fsp3) is 0.410. The summed E-state index contributed by atoms with van der Waals surface area (Å²) in [4.78, 5) is 87.7. The van der Waals surface area contributed by atoms with Gasteiger partial charge in [-0.2, -0.15) is 4.98 Å². The first-order chi connectivity index (χ1) is 27.1. The third-order valence-electron chi connectivity index (χ3n) is 8.02. The molecule has 0 aliphatic rings. The van der Waals surface area contributed by atoms with Crippen molar-refractivity contribution in [1.82, 2.24) is 30.6 Å². The van der Waals surface area contributed by atoms with Crippen LogP contribution in [-0.4, -0.2) is 93.4 Å². The number of carbonyl (C=O) groups excluding carboxylic acids is 4. The molecule has 17 heteroatoms. The number of aromatic amines is 1. The number of carboxylic acids is 1. The fourth-order valence-electron chi connectivity index (χ4n) is 5.10. The monoisotopic (exact) mass is 774 g/mol. The number of aliphatic carboxylic acids is 1. The maximum absolute atomic E-state index is 12.8. The van der Waals surface area contributed by atoms with E-state index in [4.69, 9.17) is 15.2 Å². The summed E-state index contributed by atoms with van der Waals surface area (Å²) in [6.45, 7) is 5.81. The zero-order valence-corrected chi connectivity index (χ0v) is 31.7. The fourth-order valence-corrected chi connectivity index (χ4v) is 5.10. The van der Waals surface area contributed by atoms with Gasteiger partial charge in [-0.25, -0.2) is 14.8 Å². The molecule has 0 saturated heterocycles. The van der Waals surface area contributed by atoms with Gasteiger partial charge in [-0.1, -0.05) is 32.0 Å². The molecule has 2 aromatic carbocycles. The number of ketones is 2. The number of H-pyrrole nitrogens is 1. The van der Waals surface area contributed by atoms with Crippen LogP contribution in [0.5, 0.6) is 0 Å². The number of fused-ring (bicyclic) bond motifs is 1. The van der Waals surface area contributed by atoms with E-state index in [-0.39, 0.29) is 79.0 Å². The van der Waals surface area contributed by atoms with E-state index in [1.165, 1.54) is 18.3 Å². The van der Waals surface area contributed by atoms with Crippen LogP contribution >= 0.6 is 0 Å². The Balaban J connectivity index is 0.00000414. The molecule has 2 aromatic heterocycles. The van der Waals surface area contributed by atoms with Gasteiger partial charge in [0.1, 0.15) is 17.6 Å². The summed E-state index contributed by atoms with van der Waals surface area (Å²) in [6.07, 6.45) is 3.19. The zero-order chi connectivity index (χ0) is 40.7. The van der Waals surface area contributed by atoms with Crippen molar-refractivity contribution in [2.75, 3.05) is 44.0 Å². The van der Waals surface area contributed by atoms with Crippen molar-refractivity contribution in [2.45, 2.75) is 71.4 Å². The van der Waals surface area contributed by atoms with Gasteiger partial charge in [0, 0.05) is 55.6 Å². The Labute approximate surface area is 324 Å². The molecule has 4 aromatic rings.